The Balaban J connectivity index is 2.81. The smallest absolute Gasteiger partial charge is 0.0562 e. The summed E-state index contributed by atoms with van der Waals surface area (Å²) in [7, 11) is 0. The van der Waals surface area contributed by atoms with Gasteiger partial charge in [0, 0.05) is 31.0 Å². The van der Waals surface area contributed by atoms with Gasteiger partial charge in [-0.1, -0.05) is 27.2 Å². The molecule has 1 rings (SSSR count). The van der Waals surface area contributed by atoms with Crippen LogP contribution in [0.2, 0.25) is 0 Å². The van der Waals surface area contributed by atoms with Crippen LogP contribution in [0.1, 0.15) is 52.7 Å². The number of aromatic nitrogens is 1. The van der Waals surface area contributed by atoms with E-state index in [4.69, 9.17) is 0 Å². The molecule has 0 saturated heterocycles. The molecule has 0 fully saturated rings. The lowest BCUT2D eigenvalue weighted by Crippen LogP contribution is -2.33. The normalized spacial score (nSPS) is 12.4. The number of anilines is 1. The van der Waals surface area contributed by atoms with Crippen molar-refractivity contribution >= 4 is 5.69 Å². The minimum absolute atomic E-state index is 0.584. The summed E-state index contributed by atoms with van der Waals surface area (Å²) in [6.45, 7) is 11.9. The molecular weight excluding hydrogens is 234 g/mol. The summed E-state index contributed by atoms with van der Waals surface area (Å²) in [4.78, 5) is 6.95. The highest BCUT2D eigenvalue weighted by atomic mass is 15.2. The molecule has 1 heterocycles. The van der Waals surface area contributed by atoms with Crippen LogP contribution in [0.4, 0.5) is 5.69 Å². The summed E-state index contributed by atoms with van der Waals surface area (Å²) in [6.07, 6.45) is 5.59. The average Bonchev–Trinajstić information content (AvgIpc) is 2.45. The van der Waals surface area contributed by atoms with Crippen LogP contribution in [0, 0.1) is 0 Å². The average molecular weight is 263 g/mol. The van der Waals surface area contributed by atoms with Crippen molar-refractivity contribution in [2.24, 2.45) is 0 Å². The Hall–Kier alpha value is -1.09. The van der Waals surface area contributed by atoms with Crippen LogP contribution in [-0.4, -0.2) is 24.1 Å². The van der Waals surface area contributed by atoms with Gasteiger partial charge in [-0.3, -0.25) is 4.98 Å². The predicted octanol–water partition coefficient (Wildman–Crippen LogP) is 3.60. The monoisotopic (exact) mass is 263 g/mol. The van der Waals surface area contributed by atoms with Crippen LogP contribution in [0.3, 0.4) is 0 Å². The first kappa shape index (κ1) is 16.0. The Morgan fingerprint density at radius 1 is 1.32 bits per heavy atom. The number of nitrogens with zero attached hydrogens (tertiary/aromatic N) is 2. The van der Waals surface area contributed by atoms with Crippen molar-refractivity contribution < 1.29 is 0 Å². The number of unbranched alkanes of at least 4 members (excludes halogenated alkanes) is 1. The molecule has 3 heteroatoms. The van der Waals surface area contributed by atoms with E-state index in [1.54, 1.807) is 0 Å². The molecule has 3 nitrogen and oxygen atoms in total. The van der Waals surface area contributed by atoms with Crippen molar-refractivity contribution in [3.8, 4) is 0 Å². The Morgan fingerprint density at radius 2 is 2.11 bits per heavy atom. The third kappa shape index (κ3) is 5.19. The zero-order chi connectivity index (χ0) is 14.1. The van der Waals surface area contributed by atoms with E-state index in [0.29, 0.717) is 6.04 Å². The second-order valence-corrected chi connectivity index (χ2v) is 5.09. The highest BCUT2D eigenvalue weighted by Gasteiger charge is 2.12. The fourth-order valence-electron chi connectivity index (χ4n) is 2.15. The molecule has 0 aliphatic carbocycles. The SMILES string of the molecule is CCCCN(c1ccnc(CNCC)c1)C(C)CC. The van der Waals surface area contributed by atoms with Gasteiger partial charge in [0.25, 0.3) is 0 Å². The number of hydrogen-bond donors (Lipinski definition) is 1. The molecule has 0 amide bonds. The van der Waals surface area contributed by atoms with Gasteiger partial charge in [0.15, 0.2) is 0 Å². The molecule has 0 spiro atoms. The quantitative estimate of drug-likeness (QED) is 0.738. The van der Waals surface area contributed by atoms with Crippen molar-refractivity contribution in [2.75, 3.05) is 18.0 Å². The fraction of sp³-hybridized carbons (Fsp3) is 0.688. The minimum Gasteiger partial charge on any atom is -0.369 e. The van der Waals surface area contributed by atoms with Crippen molar-refractivity contribution in [1.82, 2.24) is 10.3 Å². The largest absolute Gasteiger partial charge is 0.369 e. The van der Waals surface area contributed by atoms with E-state index in [1.807, 2.05) is 6.20 Å². The molecule has 0 aliphatic heterocycles. The molecule has 1 aromatic heterocycles. The molecule has 0 bridgehead atoms. The fourth-order valence-corrected chi connectivity index (χ4v) is 2.15. The lowest BCUT2D eigenvalue weighted by Gasteiger charge is -2.31. The van der Waals surface area contributed by atoms with Gasteiger partial charge in [0.05, 0.1) is 5.69 Å². The van der Waals surface area contributed by atoms with Gasteiger partial charge in [0.1, 0.15) is 0 Å². The van der Waals surface area contributed by atoms with Gasteiger partial charge in [-0.15, -0.1) is 0 Å². The Labute approximate surface area is 118 Å². The summed E-state index contributed by atoms with van der Waals surface area (Å²) >= 11 is 0. The molecule has 1 N–H and O–H groups in total. The molecule has 1 atom stereocenters. The molecule has 1 aromatic rings. The van der Waals surface area contributed by atoms with Gasteiger partial charge >= 0.3 is 0 Å². The minimum atomic E-state index is 0.584. The van der Waals surface area contributed by atoms with E-state index in [2.05, 4.69) is 55.0 Å². The zero-order valence-electron chi connectivity index (χ0n) is 12.9. The maximum Gasteiger partial charge on any atom is 0.0562 e. The van der Waals surface area contributed by atoms with Crippen LogP contribution >= 0.6 is 0 Å². The van der Waals surface area contributed by atoms with E-state index in [9.17, 15) is 0 Å². The maximum absolute atomic E-state index is 4.44. The van der Waals surface area contributed by atoms with Crippen molar-refractivity contribution in [3.05, 3.63) is 24.0 Å². The lowest BCUT2D eigenvalue weighted by molar-refractivity contribution is 0.594. The molecule has 0 aliphatic rings. The van der Waals surface area contributed by atoms with Gasteiger partial charge in [-0.05, 0) is 38.4 Å². The predicted molar refractivity (Wildman–Crippen MR) is 83.6 cm³/mol. The van der Waals surface area contributed by atoms with E-state index in [0.717, 1.165) is 25.3 Å². The van der Waals surface area contributed by atoms with Crippen LogP contribution in [0.5, 0.6) is 0 Å². The highest BCUT2D eigenvalue weighted by Crippen LogP contribution is 2.19. The number of hydrogen-bond acceptors (Lipinski definition) is 3. The maximum atomic E-state index is 4.44. The van der Waals surface area contributed by atoms with E-state index < -0.39 is 0 Å². The summed E-state index contributed by atoms with van der Waals surface area (Å²) in [5.74, 6) is 0. The topological polar surface area (TPSA) is 28.2 Å². The van der Waals surface area contributed by atoms with Gasteiger partial charge < -0.3 is 10.2 Å². The van der Waals surface area contributed by atoms with Crippen molar-refractivity contribution in [3.63, 3.8) is 0 Å². The summed E-state index contributed by atoms with van der Waals surface area (Å²) in [5, 5.41) is 3.34. The third-order valence-corrected chi connectivity index (χ3v) is 3.56. The second-order valence-electron chi connectivity index (χ2n) is 5.09. The summed E-state index contributed by atoms with van der Waals surface area (Å²) < 4.78 is 0. The molecule has 0 saturated carbocycles. The third-order valence-electron chi connectivity index (χ3n) is 3.56. The molecular formula is C16H29N3. The molecule has 0 aromatic carbocycles. The van der Waals surface area contributed by atoms with Gasteiger partial charge in [-0.25, -0.2) is 0 Å². The standard InChI is InChI=1S/C16H29N3/c1-5-8-11-19(14(4)6-2)16-9-10-18-15(12-16)13-17-7-3/h9-10,12,14,17H,5-8,11,13H2,1-4H3. The summed E-state index contributed by atoms with van der Waals surface area (Å²) in [6, 6.07) is 4.95. The highest BCUT2D eigenvalue weighted by molar-refractivity contribution is 5.47. The lowest BCUT2D eigenvalue weighted by atomic mass is 10.1. The number of rotatable bonds is 9. The van der Waals surface area contributed by atoms with Crippen LogP contribution in [0.25, 0.3) is 0 Å². The first-order valence-corrected chi connectivity index (χ1v) is 7.65. The van der Waals surface area contributed by atoms with Crippen LogP contribution in [-0.2, 0) is 6.54 Å². The van der Waals surface area contributed by atoms with Crippen LogP contribution in [0.15, 0.2) is 18.3 Å². The zero-order valence-corrected chi connectivity index (χ0v) is 12.9. The van der Waals surface area contributed by atoms with E-state index in [1.165, 1.54) is 24.9 Å². The van der Waals surface area contributed by atoms with Crippen molar-refractivity contribution in [1.29, 1.82) is 0 Å². The molecule has 1 unspecified atom stereocenters. The molecule has 108 valence electrons. The second kappa shape index (κ2) is 8.92. The molecule has 0 radical (unpaired) electrons. The molecule has 19 heavy (non-hydrogen) atoms. The Bertz CT molecular complexity index is 352. The number of nitrogens with one attached hydrogen (secondary N) is 1. The first-order valence-electron chi connectivity index (χ1n) is 7.65. The van der Waals surface area contributed by atoms with Crippen molar-refractivity contribution in [2.45, 2.75) is 59.5 Å². The number of pyridine rings is 1. The summed E-state index contributed by atoms with van der Waals surface area (Å²) in [5.41, 5.74) is 2.44. The Morgan fingerprint density at radius 3 is 2.74 bits per heavy atom. The van der Waals surface area contributed by atoms with Crippen LogP contribution < -0.4 is 10.2 Å². The Kier molecular flexibility index (Phi) is 7.49. The van der Waals surface area contributed by atoms with E-state index >= 15 is 0 Å². The first-order chi connectivity index (χ1) is 9.22. The van der Waals surface area contributed by atoms with Gasteiger partial charge in [0.2, 0.25) is 0 Å². The van der Waals surface area contributed by atoms with Gasteiger partial charge in [-0.2, -0.15) is 0 Å². The van der Waals surface area contributed by atoms with E-state index in [-0.39, 0.29) is 0 Å².